The molecule has 158 valence electrons. The molecule has 1 saturated heterocycles. The first-order chi connectivity index (χ1) is 12.9. The predicted octanol–water partition coefficient (Wildman–Crippen LogP) is 3.92. The zero-order valence-electron chi connectivity index (χ0n) is 18.8. The zero-order valence-corrected chi connectivity index (χ0v) is 18.8. The molecule has 1 amide bonds. The fraction of sp³-hybridized carbons (Fsp3) is 0.667. The van der Waals surface area contributed by atoms with Gasteiger partial charge in [0.25, 0.3) is 0 Å². The number of benzene rings is 1. The van der Waals surface area contributed by atoms with Gasteiger partial charge in [-0.3, -0.25) is 0 Å². The summed E-state index contributed by atoms with van der Waals surface area (Å²) < 4.78 is 23.0. The van der Waals surface area contributed by atoms with Crippen molar-refractivity contribution in [2.75, 3.05) is 13.2 Å². The van der Waals surface area contributed by atoms with Gasteiger partial charge in [-0.2, -0.15) is 0 Å². The molecule has 0 bridgehead atoms. The van der Waals surface area contributed by atoms with Gasteiger partial charge in [0.2, 0.25) is 0 Å². The van der Waals surface area contributed by atoms with E-state index in [4.69, 9.17) is 18.8 Å². The first-order valence-electron chi connectivity index (χ1n) is 9.95. The second kappa shape index (κ2) is 9.66. The Kier molecular flexibility index (Phi) is 8.38. The average Bonchev–Trinajstić information content (AvgIpc) is 2.80. The van der Waals surface area contributed by atoms with Crippen LogP contribution in [0.1, 0.15) is 62.3 Å². The van der Waals surface area contributed by atoms with Gasteiger partial charge in [0, 0.05) is 0 Å². The Balaban J connectivity index is 0.00000190. The van der Waals surface area contributed by atoms with Crippen LogP contribution < -0.4 is 15.5 Å². The standard InChI is InChI=1S/C19H30BNO5.C2H6/c1-17(2,3)24-16(22)21-11-12-23-15-10-8-9-14(13-15)20-25-18(4,5)19(6,7)26-20;1-2/h8-10,13H,11-12H2,1-7H3,(H,21,22);1-2H3. The zero-order chi connectivity index (χ0) is 21.6. The van der Waals surface area contributed by atoms with E-state index in [1.165, 1.54) is 0 Å². The van der Waals surface area contributed by atoms with Crippen LogP contribution in [0.3, 0.4) is 0 Å². The molecular weight excluding hydrogens is 357 g/mol. The van der Waals surface area contributed by atoms with E-state index >= 15 is 0 Å². The van der Waals surface area contributed by atoms with Gasteiger partial charge in [-0.15, -0.1) is 0 Å². The minimum Gasteiger partial charge on any atom is -0.492 e. The van der Waals surface area contributed by atoms with Gasteiger partial charge in [-0.1, -0.05) is 26.0 Å². The molecule has 1 fully saturated rings. The van der Waals surface area contributed by atoms with Gasteiger partial charge >= 0.3 is 13.2 Å². The van der Waals surface area contributed by atoms with Gasteiger partial charge in [-0.05, 0) is 66.1 Å². The van der Waals surface area contributed by atoms with Crippen molar-refractivity contribution in [1.82, 2.24) is 5.32 Å². The van der Waals surface area contributed by atoms with Crippen LogP contribution in [-0.2, 0) is 14.0 Å². The number of carbonyl (C=O) groups is 1. The molecule has 7 heteroatoms. The third-order valence-electron chi connectivity index (χ3n) is 4.42. The number of carbonyl (C=O) groups excluding carboxylic acids is 1. The van der Waals surface area contributed by atoms with Crippen molar-refractivity contribution in [1.29, 1.82) is 0 Å². The van der Waals surface area contributed by atoms with Gasteiger partial charge in [0.15, 0.2) is 0 Å². The van der Waals surface area contributed by atoms with E-state index in [2.05, 4.69) is 5.32 Å². The van der Waals surface area contributed by atoms with E-state index in [0.29, 0.717) is 18.9 Å². The number of hydrogen-bond acceptors (Lipinski definition) is 5. The Morgan fingerprint density at radius 3 is 2.21 bits per heavy atom. The summed E-state index contributed by atoms with van der Waals surface area (Å²) >= 11 is 0. The van der Waals surface area contributed by atoms with Gasteiger partial charge in [0.05, 0.1) is 17.7 Å². The van der Waals surface area contributed by atoms with Gasteiger partial charge < -0.3 is 24.1 Å². The number of ether oxygens (including phenoxy) is 2. The molecule has 1 N–H and O–H groups in total. The van der Waals surface area contributed by atoms with Crippen molar-refractivity contribution in [3.8, 4) is 5.75 Å². The quantitative estimate of drug-likeness (QED) is 0.607. The van der Waals surface area contributed by atoms with Gasteiger partial charge in [0.1, 0.15) is 18.0 Å². The normalized spacial score (nSPS) is 17.4. The molecular formula is C21H36BNO5. The lowest BCUT2D eigenvalue weighted by molar-refractivity contribution is 0.00578. The predicted molar refractivity (Wildman–Crippen MR) is 113 cm³/mol. The second-order valence-corrected chi connectivity index (χ2v) is 8.44. The molecule has 0 radical (unpaired) electrons. The van der Waals surface area contributed by atoms with Crippen LogP contribution in [0.4, 0.5) is 4.79 Å². The number of alkyl carbamates (subject to hydrolysis) is 1. The van der Waals surface area contributed by atoms with Crippen molar-refractivity contribution >= 4 is 18.7 Å². The van der Waals surface area contributed by atoms with Crippen molar-refractivity contribution < 1.29 is 23.6 Å². The minimum atomic E-state index is -0.512. The molecule has 1 aliphatic heterocycles. The van der Waals surface area contributed by atoms with Crippen LogP contribution in [-0.4, -0.2) is 43.2 Å². The maximum Gasteiger partial charge on any atom is 0.494 e. The Morgan fingerprint density at radius 2 is 1.68 bits per heavy atom. The smallest absolute Gasteiger partial charge is 0.492 e. The summed E-state index contributed by atoms with van der Waals surface area (Å²) in [5, 5.41) is 2.67. The molecule has 0 saturated carbocycles. The fourth-order valence-electron chi connectivity index (χ4n) is 2.37. The van der Waals surface area contributed by atoms with E-state index in [1.807, 2.05) is 86.6 Å². The summed E-state index contributed by atoms with van der Waals surface area (Å²) in [6, 6.07) is 7.61. The lowest BCUT2D eigenvalue weighted by Gasteiger charge is -2.32. The van der Waals surface area contributed by atoms with E-state index in [9.17, 15) is 4.79 Å². The molecule has 1 heterocycles. The van der Waals surface area contributed by atoms with Crippen LogP contribution in [0, 0.1) is 0 Å². The molecule has 0 aliphatic carbocycles. The van der Waals surface area contributed by atoms with E-state index in [1.54, 1.807) is 0 Å². The van der Waals surface area contributed by atoms with Crippen LogP contribution >= 0.6 is 0 Å². The molecule has 0 aromatic heterocycles. The third kappa shape index (κ3) is 7.02. The van der Waals surface area contributed by atoms with E-state index < -0.39 is 18.8 Å². The molecule has 0 unspecified atom stereocenters. The third-order valence-corrected chi connectivity index (χ3v) is 4.42. The molecule has 0 spiro atoms. The largest absolute Gasteiger partial charge is 0.494 e. The maximum atomic E-state index is 11.6. The molecule has 2 rings (SSSR count). The summed E-state index contributed by atoms with van der Waals surface area (Å²) in [6.07, 6.45) is -0.452. The summed E-state index contributed by atoms with van der Waals surface area (Å²) in [5.74, 6) is 0.697. The Hall–Kier alpha value is -1.73. The number of rotatable bonds is 5. The molecule has 1 aromatic carbocycles. The highest BCUT2D eigenvalue weighted by atomic mass is 16.7. The van der Waals surface area contributed by atoms with Crippen LogP contribution in [0.2, 0.25) is 0 Å². The highest BCUT2D eigenvalue weighted by Crippen LogP contribution is 2.36. The molecule has 6 nitrogen and oxygen atoms in total. The molecule has 1 aromatic rings. The minimum absolute atomic E-state index is 0.339. The lowest BCUT2D eigenvalue weighted by atomic mass is 9.79. The summed E-state index contributed by atoms with van der Waals surface area (Å²) in [4.78, 5) is 11.6. The SMILES string of the molecule is CC.CC(C)(C)OC(=O)NCCOc1cccc(B2OC(C)(C)C(C)(C)O2)c1. The highest BCUT2D eigenvalue weighted by Gasteiger charge is 2.51. The van der Waals surface area contributed by atoms with Crippen molar-refractivity contribution in [3.05, 3.63) is 24.3 Å². The maximum absolute atomic E-state index is 11.6. The lowest BCUT2D eigenvalue weighted by Crippen LogP contribution is -2.41. The topological polar surface area (TPSA) is 66.0 Å². The number of amides is 1. The molecule has 0 atom stereocenters. The van der Waals surface area contributed by atoms with Crippen LogP contribution in [0.15, 0.2) is 24.3 Å². The monoisotopic (exact) mass is 393 g/mol. The highest BCUT2D eigenvalue weighted by molar-refractivity contribution is 6.62. The second-order valence-electron chi connectivity index (χ2n) is 8.44. The average molecular weight is 393 g/mol. The van der Waals surface area contributed by atoms with Crippen LogP contribution in [0.25, 0.3) is 0 Å². The molecule has 1 aliphatic rings. The Bertz CT molecular complexity index is 624. The first kappa shape index (κ1) is 24.3. The Labute approximate surface area is 170 Å². The number of hydrogen-bond donors (Lipinski definition) is 1. The molecule has 28 heavy (non-hydrogen) atoms. The summed E-state index contributed by atoms with van der Waals surface area (Å²) in [7, 11) is -0.427. The number of nitrogens with one attached hydrogen (secondary N) is 1. The summed E-state index contributed by atoms with van der Waals surface area (Å²) in [6.45, 7) is 18.3. The van der Waals surface area contributed by atoms with E-state index in [0.717, 1.165) is 5.46 Å². The Morgan fingerprint density at radius 1 is 1.11 bits per heavy atom. The summed E-state index contributed by atoms with van der Waals surface area (Å²) in [5.41, 5.74) is -0.374. The fourth-order valence-corrected chi connectivity index (χ4v) is 2.37. The van der Waals surface area contributed by atoms with E-state index in [-0.39, 0.29) is 11.2 Å². The van der Waals surface area contributed by atoms with Crippen molar-refractivity contribution in [3.63, 3.8) is 0 Å². The first-order valence-corrected chi connectivity index (χ1v) is 9.95. The van der Waals surface area contributed by atoms with Crippen molar-refractivity contribution in [2.24, 2.45) is 0 Å². The van der Waals surface area contributed by atoms with Crippen LogP contribution in [0.5, 0.6) is 5.75 Å². The van der Waals surface area contributed by atoms with Gasteiger partial charge in [-0.25, -0.2) is 4.79 Å². The van der Waals surface area contributed by atoms with Crippen molar-refractivity contribution in [2.45, 2.75) is 79.1 Å².